The van der Waals surface area contributed by atoms with Gasteiger partial charge in [-0.15, -0.1) is 0 Å². The predicted octanol–water partition coefficient (Wildman–Crippen LogP) is 3.80. The lowest BCUT2D eigenvalue weighted by atomic mass is 10.0. The Labute approximate surface area is 172 Å². The molecule has 29 heavy (non-hydrogen) atoms. The van der Waals surface area contributed by atoms with Crippen LogP contribution in [-0.4, -0.2) is 60.4 Å². The summed E-state index contributed by atoms with van der Waals surface area (Å²) in [6, 6.07) is 6.31. The Hall–Kier alpha value is -2.70. The van der Waals surface area contributed by atoms with Crippen LogP contribution >= 0.6 is 0 Å². The third-order valence-electron chi connectivity index (χ3n) is 5.44. The molecule has 1 aromatic carbocycles. The zero-order valence-corrected chi connectivity index (χ0v) is 18.2. The number of hydrogen-bond donors (Lipinski definition) is 0. The first-order chi connectivity index (χ1) is 13.6. The number of anilines is 1. The van der Waals surface area contributed by atoms with Gasteiger partial charge in [0.05, 0.1) is 18.2 Å². The van der Waals surface area contributed by atoms with E-state index in [1.54, 1.807) is 4.90 Å². The van der Waals surface area contributed by atoms with Gasteiger partial charge < -0.3 is 23.8 Å². The number of hydrogen-bond acceptors (Lipinski definition) is 5. The predicted molar refractivity (Wildman–Crippen MR) is 113 cm³/mol. The average Bonchev–Trinajstić information content (AvgIpc) is 3.01. The van der Waals surface area contributed by atoms with Crippen LogP contribution in [0.1, 0.15) is 44.0 Å². The molecule has 1 amide bonds. The number of ether oxygens (including phenoxy) is 2. The Morgan fingerprint density at radius 2 is 1.83 bits per heavy atom. The molecule has 2 heterocycles. The van der Waals surface area contributed by atoms with Crippen molar-refractivity contribution in [3.63, 3.8) is 0 Å². The molecule has 1 aliphatic heterocycles. The van der Waals surface area contributed by atoms with Crippen LogP contribution < -0.4 is 4.90 Å². The van der Waals surface area contributed by atoms with E-state index in [1.807, 2.05) is 57.8 Å². The Balaban J connectivity index is 1.69. The van der Waals surface area contributed by atoms with Crippen molar-refractivity contribution in [1.29, 1.82) is 0 Å². The molecule has 1 aliphatic rings. The normalized spacial score (nSPS) is 15.4. The van der Waals surface area contributed by atoms with Crippen molar-refractivity contribution in [2.75, 3.05) is 32.1 Å². The standard InChI is InChI=1S/C22H31N3O4/c1-22(2,3)29-21(27)24(5)15-9-11-25(12-10-15)16-7-8-17-18(20(26)28-6)14-23(4)19(17)13-16/h7-8,13-15H,9-12H2,1-6H3. The topological polar surface area (TPSA) is 64.0 Å². The van der Waals surface area contributed by atoms with Crippen LogP contribution in [0, 0.1) is 0 Å². The van der Waals surface area contributed by atoms with E-state index in [1.165, 1.54) is 7.11 Å². The smallest absolute Gasteiger partial charge is 0.410 e. The number of aromatic nitrogens is 1. The number of aryl methyl sites for hydroxylation is 1. The summed E-state index contributed by atoms with van der Waals surface area (Å²) in [5, 5.41) is 0.891. The number of carbonyl (C=O) groups excluding carboxylic acids is 2. The lowest BCUT2D eigenvalue weighted by molar-refractivity contribution is 0.0200. The summed E-state index contributed by atoms with van der Waals surface area (Å²) in [5.41, 5.74) is 2.21. The number of amides is 1. The second-order valence-electron chi connectivity index (χ2n) is 8.66. The monoisotopic (exact) mass is 401 g/mol. The molecule has 1 fully saturated rings. The summed E-state index contributed by atoms with van der Waals surface area (Å²) in [5.74, 6) is -0.325. The maximum atomic E-state index is 12.3. The number of esters is 1. The number of carbonyl (C=O) groups is 2. The fourth-order valence-corrected chi connectivity index (χ4v) is 3.84. The first kappa shape index (κ1) is 21.0. The quantitative estimate of drug-likeness (QED) is 0.732. The maximum Gasteiger partial charge on any atom is 0.410 e. The van der Waals surface area contributed by atoms with E-state index < -0.39 is 5.60 Å². The van der Waals surface area contributed by atoms with Gasteiger partial charge in [-0.2, -0.15) is 0 Å². The van der Waals surface area contributed by atoms with E-state index >= 15 is 0 Å². The summed E-state index contributed by atoms with van der Waals surface area (Å²) in [6.07, 6.45) is 3.31. The van der Waals surface area contributed by atoms with Crippen molar-refractivity contribution in [1.82, 2.24) is 9.47 Å². The SMILES string of the molecule is COC(=O)c1cn(C)c2cc(N3CCC(N(C)C(=O)OC(C)(C)C)CC3)ccc12. The van der Waals surface area contributed by atoms with Crippen molar-refractivity contribution in [3.05, 3.63) is 30.0 Å². The Morgan fingerprint density at radius 1 is 1.17 bits per heavy atom. The maximum absolute atomic E-state index is 12.3. The molecule has 158 valence electrons. The lowest BCUT2D eigenvalue weighted by Crippen LogP contribution is -2.47. The minimum Gasteiger partial charge on any atom is -0.465 e. The number of nitrogens with zero attached hydrogens (tertiary/aromatic N) is 3. The second-order valence-corrected chi connectivity index (χ2v) is 8.66. The van der Waals surface area contributed by atoms with Gasteiger partial charge in [-0.25, -0.2) is 9.59 Å². The van der Waals surface area contributed by atoms with Gasteiger partial charge >= 0.3 is 12.1 Å². The van der Waals surface area contributed by atoms with Gasteiger partial charge in [0.1, 0.15) is 5.60 Å². The highest BCUT2D eigenvalue weighted by molar-refractivity contribution is 6.05. The molecule has 2 aromatic rings. The fourth-order valence-electron chi connectivity index (χ4n) is 3.84. The molecule has 0 bridgehead atoms. The van der Waals surface area contributed by atoms with Crippen molar-refractivity contribution >= 4 is 28.7 Å². The molecule has 3 rings (SSSR count). The molecule has 0 aliphatic carbocycles. The van der Waals surface area contributed by atoms with Crippen LogP contribution in [0.4, 0.5) is 10.5 Å². The minimum atomic E-state index is -0.487. The van der Waals surface area contributed by atoms with E-state index in [9.17, 15) is 9.59 Å². The minimum absolute atomic E-state index is 0.172. The molecular formula is C22H31N3O4. The van der Waals surface area contributed by atoms with Crippen LogP contribution in [0.3, 0.4) is 0 Å². The van der Waals surface area contributed by atoms with Crippen LogP contribution in [0.15, 0.2) is 24.4 Å². The summed E-state index contributed by atoms with van der Waals surface area (Å²) in [4.78, 5) is 28.4. The number of methoxy groups -OCH3 is 1. The zero-order chi connectivity index (χ0) is 21.3. The molecule has 7 nitrogen and oxygen atoms in total. The number of fused-ring (bicyclic) bond motifs is 1. The van der Waals surface area contributed by atoms with E-state index in [2.05, 4.69) is 11.0 Å². The van der Waals surface area contributed by atoms with Crippen molar-refractivity contribution in [2.45, 2.75) is 45.3 Å². The van der Waals surface area contributed by atoms with Gasteiger partial charge in [0, 0.05) is 50.5 Å². The average molecular weight is 402 g/mol. The number of rotatable bonds is 3. The van der Waals surface area contributed by atoms with Crippen LogP contribution in [0.5, 0.6) is 0 Å². The molecule has 0 spiro atoms. The molecule has 0 N–H and O–H groups in total. The van der Waals surface area contributed by atoms with Gasteiger partial charge in [-0.05, 0) is 51.8 Å². The van der Waals surface area contributed by atoms with Gasteiger partial charge in [0.2, 0.25) is 0 Å². The molecule has 1 aromatic heterocycles. The highest BCUT2D eigenvalue weighted by atomic mass is 16.6. The third kappa shape index (κ3) is 4.49. The molecule has 0 saturated carbocycles. The van der Waals surface area contributed by atoms with Gasteiger partial charge in [0.15, 0.2) is 0 Å². The van der Waals surface area contributed by atoms with Crippen LogP contribution in [-0.2, 0) is 16.5 Å². The molecule has 0 unspecified atom stereocenters. The summed E-state index contributed by atoms with van der Waals surface area (Å²) >= 11 is 0. The fraction of sp³-hybridized carbons (Fsp3) is 0.545. The van der Waals surface area contributed by atoms with Gasteiger partial charge in [0.25, 0.3) is 0 Å². The molecule has 7 heteroatoms. The van der Waals surface area contributed by atoms with Gasteiger partial charge in [-0.3, -0.25) is 0 Å². The van der Waals surface area contributed by atoms with Crippen LogP contribution in [0.2, 0.25) is 0 Å². The number of benzene rings is 1. The molecule has 0 radical (unpaired) electrons. The van der Waals surface area contributed by atoms with Crippen LogP contribution in [0.25, 0.3) is 10.9 Å². The van der Waals surface area contributed by atoms with Crippen molar-refractivity contribution < 1.29 is 19.1 Å². The molecular weight excluding hydrogens is 370 g/mol. The Morgan fingerprint density at radius 3 is 2.41 bits per heavy atom. The number of piperidine rings is 1. The molecule has 0 atom stereocenters. The highest BCUT2D eigenvalue weighted by Crippen LogP contribution is 2.29. The van der Waals surface area contributed by atoms with E-state index in [4.69, 9.17) is 9.47 Å². The van der Waals surface area contributed by atoms with E-state index in [0.29, 0.717) is 5.56 Å². The summed E-state index contributed by atoms with van der Waals surface area (Å²) in [6.45, 7) is 7.36. The first-order valence-electron chi connectivity index (χ1n) is 9.99. The summed E-state index contributed by atoms with van der Waals surface area (Å²) < 4.78 is 12.3. The van der Waals surface area contributed by atoms with E-state index in [0.717, 1.165) is 42.5 Å². The van der Waals surface area contributed by atoms with E-state index in [-0.39, 0.29) is 18.1 Å². The summed E-state index contributed by atoms with van der Waals surface area (Å²) in [7, 11) is 5.15. The first-order valence-corrected chi connectivity index (χ1v) is 9.99. The van der Waals surface area contributed by atoms with Gasteiger partial charge in [-0.1, -0.05) is 0 Å². The third-order valence-corrected chi connectivity index (χ3v) is 5.44. The lowest BCUT2D eigenvalue weighted by Gasteiger charge is -2.38. The molecule has 1 saturated heterocycles. The highest BCUT2D eigenvalue weighted by Gasteiger charge is 2.29. The zero-order valence-electron chi connectivity index (χ0n) is 18.2. The Kier molecular flexibility index (Phi) is 5.78. The Bertz CT molecular complexity index is 905. The van der Waals surface area contributed by atoms with Crippen molar-refractivity contribution in [2.24, 2.45) is 7.05 Å². The second kappa shape index (κ2) is 7.97. The largest absolute Gasteiger partial charge is 0.465 e. The van der Waals surface area contributed by atoms with Crippen molar-refractivity contribution in [3.8, 4) is 0 Å².